The SMILES string of the molecule is COc1ccc(N(C)S(=O)(=O)c2csc(C(=O)NC(C)(C)C)c2)cc1. The summed E-state index contributed by atoms with van der Waals surface area (Å²) in [7, 11) is -0.723. The van der Waals surface area contributed by atoms with Gasteiger partial charge < -0.3 is 10.1 Å². The molecule has 0 radical (unpaired) electrons. The van der Waals surface area contributed by atoms with E-state index in [4.69, 9.17) is 4.74 Å². The molecule has 0 aliphatic heterocycles. The summed E-state index contributed by atoms with van der Waals surface area (Å²) in [5, 5.41) is 4.30. The summed E-state index contributed by atoms with van der Waals surface area (Å²) >= 11 is 1.11. The van der Waals surface area contributed by atoms with Crippen molar-refractivity contribution in [3.63, 3.8) is 0 Å². The third kappa shape index (κ3) is 4.52. The Kier molecular flexibility index (Phi) is 5.43. The predicted octanol–water partition coefficient (Wildman–Crippen LogP) is 3.11. The van der Waals surface area contributed by atoms with Gasteiger partial charge in [-0.2, -0.15) is 0 Å². The molecule has 6 nitrogen and oxygen atoms in total. The average molecular weight is 383 g/mol. The van der Waals surface area contributed by atoms with Gasteiger partial charge in [0.15, 0.2) is 0 Å². The number of sulfonamides is 1. The summed E-state index contributed by atoms with van der Waals surface area (Å²) in [6, 6.07) is 8.11. The molecule has 0 saturated carbocycles. The van der Waals surface area contributed by atoms with Crippen molar-refractivity contribution in [3.05, 3.63) is 40.6 Å². The van der Waals surface area contributed by atoms with Gasteiger partial charge in [0.05, 0.1) is 22.6 Å². The molecule has 1 aromatic carbocycles. The maximum atomic E-state index is 12.8. The van der Waals surface area contributed by atoms with Gasteiger partial charge in [-0.15, -0.1) is 11.3 Å². The molecule has 0 saturated heterocycles. The van der Waals surface area contributed by atoms with Crippen LogP contribution in [0.5, 0.6) is 5.75 Å². The fourth-order valence-electron chi connectivity index (χ4n) is 2.06. The number of hydrogen-bond acceptors (Lipinski definition) is 5. The molecule has 0 aliphatic rings. The Balaban J connectivity index is 2.25. The van der Waals surface area contributed by atoms with Crippen molar-refractivity contribution in [2.24, 2.45) is 0 Å². The topological polar surface area (TPSA) is 75.7 Å². The number of ether oxygens (including phenoxy) is 1. The number of carbonyl (C=O) groups excluding carboxylic acids is 1. The minimum atomic E-state index is -3.75. The van der Waals surface area contributed by atoms with E-state index in [1.165, 1.54) is 22.8 Å². The van der Waals surface area contributed by atoms with Crippen LogP contribution in [-0.2, 0) is 10.0 Å². The van der Waals surface area contributed by atoms with Gasteiger partial charge in [0.1, 0.15) is 5.75 Å². The predicted molar refractivity (Wildman–Crippen MR) is 100 cm³/mol. The zero-order valence-electron chi connectivity index (χ0n) is 14.9. The summed E-state index contributed by atoms with van der Waals surface area (Å²) in [6.07, 6.45) is 0. The van der Waals surface area contributed by atoms with Gasteiger partial charge in [0.2, 0.25) is 0 Å². The Morgan fingerprint density at radius 1 is 1.20 bits per heavy atom. The van der Waals surface area contributed by atoms with Gasteiger partial charge in [0, 0.05) is 18.0 Å². The molecule has 1 amide bonds. The number of thiophene rings is 1. The maximum absolute atomic E-state index is 12.8. The molecule has 2 rings (SSSR count). The molecule has 0 fully saturated rings. The lowest BCUT2D eigenvalue weighted by Crippen LogP contribution is -2.40. The van der Waals surface area contributed by atoms with E-state index in [0.29, 0.717) is 16.3 Å². The molecule has 1 N–H and O–H groups in total. The molecule has 0 unspecified atom stereocenters. The zero-order chi connectivity index (χ0) is 18.8. The monoisotopic (exact) mass is 382 g/mol. The number of benzene rings is 1. The normalized spacial score (nSPS) is 11.9. The van der Waals surface area contributed by atoms with Gasteiger partial charge in [-0.3, -0.25) is 9.10 Å². The van der Waals surface area contributed by atoms with E-state index in [1.807, 2.05) is 20.8 Å². The van der Waals surface area contributed by atoms with Gasteiger partial charge in [-0.1, -0.05) is 0 Å². The van der Waals surface area contributed by atoms with E-state index in [0.717, 1.165) is 11.3 Å². The third-order valence-corrected chi connectivity index (χ3v) is 6.22. The highest BCUT2D eigenvalue weighted by Crippen LogP contribution is 2.27. The number of nitrogens with zero attached hydrogens (tertiary/aromatic N) is 1. The summed E-state index contributed by atoms with van der Waals surface area (Å²) in [4.78, 5) is 12.6. The second kappa shape index (κ2) is 7.05. The highest BCUT2D eigenvalue weighted by Gasteiger charge is 2.25. The quantitative estimate of drug-likeness (QED) is 0.862. The summed E-state index contributed by atoms with van der Waals surface area (Å²) in [6.45, 7) is 5.61. The standard InChI is InChI=1S/C17H22N2O4S2/c1-17(2,3)18-16(20)15-10-14(11-24-15)25(21,22)19(4)12-6-8-13(23-5)9-7-12/h6-11H,1-5H3,(H,18,20). The first-order valence-corrected chi connectivity index (χ1v) is 9.90. The number of nitrogens with one attached hydrogen (secondary N) is 1. The highest BCUT2D eigenvalue weighted by molar-refractivity contribution is 7.93. The van der Waals surface area contributed by atoms with Crippen molar-refractivity contribution in [1.29, 1.82) is 0 Å². The number of carbonyl (C=O) groups is 1. The number of rotatable bonds is 5. The third-order valence-electron chi connectivity index (χ3n) is 3.38. The van der Waals surface area contributed by atoms with Crippen molar-refractivity contribution >= 4 is 33.0 Å². The van der Waals surface area contributed by atoms with Gasteiger partial charge in [-0.25, -0.2) is 8.42 Å². The van der Waals surface area contributed by atoms with E-state index < -0.39 is 10.0 Å². The molecule has 0 spiro atoms. The van der Waals surface area contributed by atoms with Crippen LogP contribution in [0.2, 0.25) is 0 Å². The van der Waals surface area contributed by atoms with E-state index >= 15 is 0 Å². The van der Waals surface area contributed by atoms with Crippen LogP contribution in [0.15, 0.2) is 40.6 Å². The Labute approximate surface area is 152 Å². The van der Waals surface area contributed by atoms with E-state index in [-0.39, 0.29) is 16.3 Å². The first kappa shape index (κ1) is 19.3. The molecule has 25 heavy (non-hydrogen) atoms. The van der Waals surface area contributed by atoms with Crippen LogP contribution in [0.1, 0.15) is 30.4 Å². The molecule has 0 aliphatic carbocycles. The molecule has 0 bridgehead atoms. The Bertz CT molecular complexity index is 850. The summed E-state index contributed by atoms with van der Waals surface area (Å²) in [5.74, 6) is 0.359. The lowest BCUT2D eigenvalue weighted by molar-refractivity contribution is 0.0923. The first-order chi connectivity index (χ1) is 11.5. The lowest BCUT2D eigenvalue weighted by Gasteiger charge is -2.20. The van der Waals surface area contributed by atoms with Crippen molar-refractivity contribution in [3.8, 4) is 5.75 Å². The van der Waals surface area contributed by atoms with Crippen molar-refractivity contribution in [1.82, 2.24) is 5.32 Å². The number of methoxy groups -OCH3 is 1. The molecule has 1 aromatic heterocycles. The number of amides is 1. The van der Waals surface area contributed by atoms with Crippen LogP contribution in [0, 0.1) is 0 Å². The van der Waals surface area contributed by atoms with Crippen molar-refractivity contribution in [2.45, 2.75) is 31.2 Å². The fourth-order valence-corrected chi connectivity index (χ4v) is 4.42. The Morgan fingerprint density at radius 2 is 1.80 bits per heavy atom. The van der Waals surface area contributed by atoms with Crippen LogP contribution in [0.25, 0.3) is 0 Å². The van der Waals surface area contributed by atoms with Crippen LogP contribution in [-0.4, -0.2) is 34.0 Å². The second-order valence-corrected chi connectivity index (χ2v) is 9.40. The Morgan fingerprint density at radius 3 is 2.32 bits per heavy atom. The highest BCUT2D eigenvalue weighted by atomic mass is 32.2. The van der Waals surface area contributed by atoms with Gasteiger partial charge in [-0.05, 0) is 51.1 Å². The van der Waals surface area contributed by atoms with E-state index in [1.54, 1.807) is 31.4 Å². The summed E-state index contributed by atoms with van der Waals surface area (Å²) < 4.78 is 31.8. The van der Waals surface area contributed by atoms with Crippen LogP contribution < -0.4 is 14.4 Å². The van der Waals surface area contributed by atoms with Crippen LogP contribution in [0.4, 0.5) is 5.69 Å². The zero-order valence-corrected chi connectivity index (χ0v) is 16.5. The maximum Gasteiger partial charge on any atom is 0.264 e. The smallest absolute Gasteiger partial charge is 0.264 e. The van der Waals surface area contributed by atoms with Gasteiger partial charge >= 0.3 is 0 Å². The van der Waals surface area contributed by atoms with Crippen molar-refractivity contribution < 1.29 is 17.9 Å². The summed E-state index contributed by atoms with van der Waals surface area (Å²) in [5.41, 5.74) is 0.118. The molecule has 2 aromatic rings. The van der Waals surface area contributed by atoms with Gasteiger partial charge in [0.25, 0.3) is 15.9 Å². The molecule has 0 atom stereocenters. The minimum Gasteiger partial charge on any atom is -0.497 e. The molecule has 136 valence electrons. The largest absolute Gasteiger partial charge is 0.497 e. The molecular weight excluding hydrogens is 360 g/mol. The molecule has 8 heteroatoms. The minimum absolute atomic E-state index is 0.0925. The van der Waals surface area contributed by atoms with Crippen LogP contribution in [0.3, 0.4) is 0 Å². The molecule has 1 heterocycles. The lowest BCUT2D eigenvalue weighted by atomic mass is 10.1. The first-order valence-electron chi connectivity index (χ1n) is 7.58. The van der Waals surface area contributed by atoms with E-state index in [9.17, 15) is 13.2 Å². The van der Waals surface area contributed by atoms with E-state index in [2.05, 4.69) is 5.32 Å². The molecular formula is C17H22N2O4S2. The number of anilines is 1. The number of hydrogen-bond donors (Lipinski definition) is 1. The van der Waals surface area contributed by atoms with Crippen molar-refractivity contribution in [2.75, 3.05) is 18.5 Å². The Hall–Kier alpha value is -2.06. The second-order valence-electron chi connectivity index (χ2n) is 6.52. The average Bonchev–Trinajstić information content (AvgIpc) is 3.03. The fraction of sp³-hybridized carbons (Fsp3) is 0.353. The van der Waals surface area contributed by atoms with Crippen LogP contribution >= 0.6 is 11.3 Å².